The first-order chi connectivity index (χ1) is 7.88. The molecule has 1 saturated heterocycles. The minimum atomic E-state index is 0.836. The van der Waals surface area contributed by atoms with Gasteiger partial charge >= 0.3 is 0 Å². The molecule has 16 heavy (non-hydrogen) atoms. The van der Waals surface area contributed by atoms with Crippen LogP contribution in [0, 0.1) is 11.8 Å². The Bertz CT molecular complexity index is 389. The van der Waals surface area contributed by atoms with E-state index >= 15 is 0 Å². The smallest absolute Gasteiger partial charge is 0.152 e. The van der Waals surface area contributed by atoms with E-state index in [0.29, 0.717) is 0 Å². The van der Waals surface area contributed by atoms with Crippen molar-refractivity contribution in [1.29, 1.82) is 0 Å². The Morgan fingerprint density at radius 3 is 2.50 bits per heavy atom. The van der Waals surface area contributed by atoms with Crippen LogP contribution in [0.5, 0.6) is 0 Å². The van der Waals surface area contributed by atoms with Gasteiger partial charge in [-0.3, -0.25) is 4.79 Å². The molecule has 0 radical (unpaired) electrons. The van der Waals surface area contributed by atoms with Crippen LogP contribution in [0.25, 0.3) is 0 Å². The number of benzene rings is 1. The van der Waals surface area contributed by atoms with Crippen molar-refractivity contribution in [3.8, 4) is 0 Å². The maximum absolute atomic E-state index is 11.0. The number of aldehydes is 1. The van der Waals surface area contributed by atoms with Gasteiger partial charge in [0, 0.05) is 24.3 Å². The molecule has 1 aromatic rings. The molecule has 2 heteroatoms. The Labute approximate surface area is 96.3 Å². The highest BCUT2D eigenvalue weighted by atomic mass is 16.1. The average molecular weight is 215 g/mol. The van der Waals surface area contributed by atoms with E-state index in [9.17, 15) is 4.79 Å². The monoisotopic (exact) mass is 215 g/mol. The van der Waals surface area contributed by atoms with Crippen molar-refractivity contribution in [2.24, 2.45) is 11.8 Å². The number of anilines is 1. The van der Waals surface area contributed by atoms with Gasteiger partial charge in [0.05, 0.1) is 0 Å². The van der Waals surface area contributed by atoms with Crippen LogP contribution < -0.4 is 4.90 Å². The number of rotatable bonds is 2. The van der Waals surface area contributed by atoms with Crippen LogP contribution in [0.4, 0.5) is 5.69 Å². The fraction of sp³-hybridized carbons (Fsp3) is 0.500. The molecule has 1 aliphatic carbocycles. The average Bonchev–Trinajstić information content (AvgIpc) is 2.89. The zero-order valence-electron chi connectivity index (χ0n) is 9.43. The SMILES string of the molecule is O=Cc1ccccc1N1CC2CCCC2C1. The summed E-state index contributed by atoms with van der Waals surface area (Å²) in [7, 11) is 0. The van der Waals surface area contributed by atoms with Gasteiger partial charge in [0.2, 0.25) is 0 Å². The molecule has 1 aliphatic heterocycles. The van der Waals surface area contributed by atoms with Gasteiger partial charge in [-0.15, -0.1) is 0 Å². The number of hydrogen-bond acceptors (Lipinski definition) is 2. The van der Waals surface area contributed by atoms with E-state index in [2.05, 4.69) is 11.0 Å². The van der Waals surface area contributed by atoms with Crippen LogP contribution in [0.3, 0.4) is 0 Å². The lowest BCUT2D eigenvalue weighted by Gasteiger charge is -2.21. The summed E-state index contributed by atoms with van der Waals surface area (Å²) < 4.78 is 0. The molecule has 0 aromatic heterocycles. The van der Waals surface area contributed by atoms with Crippen LogP contribution in [0.15, 0.2) is 24.3 Å². The van der Waals surface area contributed by atoms with Gasteiger partial charge in [0.25, 0.3) is 0 Å². The summed E-state index contributed by atoms with van der Waals surface area (Å²) in [5, 5.41) is 0. The lowest BCUT2D eigenvalue weighted by atomic mass is 10.0. The molecule has 0 amide bonds. The van der Waals surface area contributed by atoms with Gasteiger partial charge in [0.1, 0.15) is 0 Å². The van der Waals surface area contributed by atoms with E-state index in [0.717, 1.165) is 42.5 Å². The minimum absolute atomic E-state index is 0.836. The third-order valence-electron chi connectivity index (χ3n) is 4.13. The highest BCUT2D eigenvalue weighted by Crippen LogP contribution is 2.39. The van der Waals surface area contributed by atoms with Crippen LogP contribution in [0.1, 0.15) is 29.6 Å². The molecule has 0 bridgehead atoms. The van der Waals surface area contributed by atoms with Crippen molar-refractivity contribution in [2.75, 3.05) is 18.0 Å². The summed E-state index contributed by atoms with van der Waals surface area (Å²) in [6, 6.07) is 7.95. The van der Waals surface area contributed by atoms with E-state index in [4.69, 9.17) is 0 Å². The standard InChI is InChI=1S/C14H17NO/c16-10-13-4-1-2-7-14(13)15-8-11-5-3-6-12(11)9-15/h1-2,4,7,10-12H,3,5-6,8-9H2. The van der Waals surface area contributed by atoms with Gasteiger partial charge in [-0.05, 0) is 36.8 Å². The largest absolute Gasteiger partial charge is 0.370 e. The van der Waals surface area contributed by atoms with E-state index in [1.807, 2.05) is 18.2 Å². The van der Waals surface area contributed by atoms with Crippen molar-refractivity contribution in [3.63, 3.8) is 0 Å². The van der Waals surface area contributed by atoms with Crippen molar-refractivity contribution >= 4 is 12.0 Å². The maximum atomic E-state index is 11.0. The minimum Gasteiger partial charge on any atom is -0.370 e. The summed E-state index contributed by atoms with van der Waals surface area (Å²) in [6.45, 7) is 2.30. The normalized spacial score (nSPS) is 28.1. The fourth-order valence-corrected chi connectivity index (χ4v) is 3.31. The molecule has 84 valence electrons. The number of nitrogens with zero attached hydrogens (tertiary/aromatic N) is 1. The Morgan fingerprint density at radius 1 is 1.12 bits per heavy atom. The van der Waals surface area contributed by atoms with Crippen LogP contribution in [-0.2, 0) is 0 Å². The molecule has 3 rings (SSSR count). The highest BCUT2D eigenvalue weighted by molar-refractivity contribution is 5.84. The molecule has 2 unspecified atom stereocenters. The first kappa shape index (κ1) is 9.88. The quantitative estimate of drug-likeness (QED) is 0.707. The van der Waals surface area contributed by atoms with Crippen molar-refractivity contribution in [3.05, 3.63) is 29.8 Å². The zero-order chi connectivity index (χ0) is 11.0. The Morgan fingerprint density at radius 2 is 1.81 bits per heavy atom. The van der Waals surface area contributed by atoms with E-state index in [-0.39, 0.29) is 0 Å². The molecule has 0 spiro atoms. The molecule has 2 atom stereocenters. The lowest BCUT2D eigenvalue weighted by molar-refractivity contribution is 0.112. The third kappa shape index (κ3) is 1.53. The van der Waals surface area contributed by atoms with E-state index in [1.54, 1.807) is 0 Å². The van der Waals surface area contributed by atoms with Gasteiger partial charge in [-0.2, -0.15) is 0 Å². The number of carbonyl (C=O) groups is 1. The van der Waals surface area contributed by atoms with Crippen molar-refractivity contribution in [2.45, 2.75) is 19.3 Å². The predicted octanol–water partition coefficient (Wildman–Crippen LogP) is 2.74. The molecular formula is C14H17NO. The van der Waals surface area contributed by atoms with Gasteiger partial charge < -0.3 is 4.90 Å². The molecule has 1 aromatic carbocycles. The van der Waals surface area contributed by atoms with Crippen molar-refractivity contribution < 1.29 is 4.79 Å². The van der Waals surface area contributed by atoms with E-state index in [1.165, 1.54) is 19.3 Å². The van der Waals surface area contributed by atoms with E-state index < -0.39 is 0 Å². The Balaban J connectivity index is 1.85. The summed E-state index contributed by atoms with van der Waals surface area (Å²) in [5.41, 5.74) is 1.97. The first-order valence-electron chi connectivity index (χ1n) is 6.17. The van der Waals surface area contributed by atoms with Crippen LogP contribution in [-0.4, -0.2) is 19.4 Å². The molecule has 1 saturated carbocycles. The van der Waals surface area contributed by atoms with Gasteiger partial charge in [-0.25, -0.2) is 0 Å². The van der Waals surface area contributed by atoms with Crippen LogP contribution >= 0.6 is 0 Å². The second-order valence-corrected chi connectivity index (χ2v) is 5.03. The topological polar surface area (TPSA) is 20.3 Å². The molecule has 2 fully saturated rings. The van der Waals surface area contributed by atoms with Crippen molar-refractivity contribution in [1.82, 2.24) is 0 Å². The molecular weight excluding hydrogens is 198 g/mol. The Hall–Kier alpha value is -1.31. The number of fused-ring (bicyclic) bond motifs is 1. The molecule has 0 N–H and O–H groups in total. The predicted molar refractivity (Wildman–Crippen MR) is 64.9 cm³/mol. The fourth-order valence-electron chi connectivity index (χ4n) is 3.31. The van der Waals surface area contributed by atoms with Gasteiger partial charge in [-0.1, -0.05) is 18.6 Å². The molecule has 2 nitrogen and oxygen atoms in total. The summed E-state index contributed by atoms with van der Waals surface area (Å²) in [4.78, 5) is 13.4. The molecule has 1 heterocycles. The second-order valence-electron chi connectivity index (χ2n) is 5.03. The summed E-state index contributed by atoms with van der Waals surface area (Å²) >= 11 is 0. The number of hydrogen-bond donors (Lipinski definition) is 0. The zero-order valence-corrected chi connectivity index (χ0v) is 9.43. The number of carbonyl (C=O) groups excluding carboxylic acids is 1. The maximum Gasteiger partial charge on any atom is 0.152 e. The second kappa shape index (κ2) is 3.93. The van der Waals surface area contributed by atoms with Gasteiger partial charge in [0.15, 0.2) is 6.29 Å². The molecule has 2 aliphatic rings. The highest BCUT2D eigenvalue weighted by Gasteiger charge is 2.36. The number of para-hydroxylation sites is 1. The summed E-state index contributed by atoms with van der Waals surface area (Å²) in [5.74, 6) is 1.75. The third-order valence-corrected chi connectivity index (χ3v) is 4.13. The first-order valence-corrected chi connectivity index (χ1v) is 6.17. The Kier molecular flexibility index (Phi) is 2.43. The summed E-state index contributed by atoms with van der Waals surface area (Å²) in [6.07, 6.45) is 5.14. The van der Waals surface area contributed by atoms with Crippen LogP contribution in [0.2, 0.25) is 0 Å². The lowest BCUT2D eigenvalue weighted by Crippen LogP contribution is -2.21.